The van der Waals surface area contributed by atoms with E-state index in [2.05, 4.69) is 17.6 Å². The Bertz CT molecular complexity index is 594. The number of benzene rings is 1. The number of aliphatic hydroxyl groups is 1. The molecule has 1 aliphatic rings. The van der Waals surface area contributed by atoms with Crippen LogP contribution in [0.1, 0.15) is 76.4 Å². The Kier molecular flexibility index (Phi) is 11.3. The minimum atomic E-state index is -0.750. The molecule has 5 N–H and O–H groups in total. The van der Waals surface area contributed by atoms with Crippen molar-refractivity contribution in [3.05, 3.63) is 23.8 Å². The summed E-state index contributed by atoms with van der Waals surface area (Å²) in [5, 5.41) is 35.4. The summed E-state index contributed by atoms with van der Waals surface area (Å²) in [5.74, 6) is -0.254. The van der Waals surface area contributed by atoms with E-state index in [-0.39, 0.29) is 35.9 Å². The van der Waals surface area contributed by atoms with Gasteiger partial charge in [-0.2, -0.15) is 0 Å². The lowest BCUT2D eigenvalue weighted by Crippen LogP contribution is -2.36. The van der Waals surface area contributed by atoms with Crippen LogP contribution in [0.2, 0.25) is 0 Å². The van der Waals surface area contributed by atoms with Crippen molar-refractivity contribution in [2.75, 3.05) is 6.54 Å². The number of unbranched alkanes of at least 4 members (excludes halogenated alkanes) is 1. The van der Waals surface area contributed by atoms with Gasteiger partial charge in [0.15, 0.2) is 11.5 Å². The van der Waals surface area contributed by atoms with Gasteiger partial charge in [-0.15, -0.1) is 12.4 Å². The van der Waals surface area contributed by atoms with Crippen molar-refractivity contribution in [1.82, 2.24) is 10.6 Å². The largest absolute Gasteiger partial charge is 0.504 e. The predicted molar refractivity (Wildman–Crippen MR) is 113 cm³/mol. The Morgan fingerprint density at radius 3 is 2.54 bits per heavy atom. The van der Waals surface area contributed by atoms with E-state index in [9.17, 15) is 20.1 Å². The Morgan fingerprint density at radius 1 is 1.14 bits per heavy atom. The zero-order valence-corrected chi connectivity index (χ0v) is 17.5. The van der Waals surface area contributed by atoms with Crippen molar-refractivity contribution in [3.63, 3.8) is 0 Å². The summed E-state index contributed by atoms with van der Waals surface area (Å²) in [6.07, 6.45) is 8.58. The molecule has 2 unspecified atom stereocenters. The SMILES string of the molecule is CC(CCCCC(=O)NC1CCCCC1)NCC(O)c1ccc(O)c(O)c1.Cl. The van der Waals surface area contributed by atoms with Gasteiger partial charge in [-0.25, -0.2) is 0 Å². The zero-order chi connectivity index (χ0) is 19.6. The van der Waals surface area contributed by atoms with Gasteiger partial charge in [0.2, 0.25) is 5.91 Å². The summed E-state index contributed by atoms with van der Waals surface area (Å²) >= 11 is 0. The lowest BCUT2D eigenvalue weighted by atomic mass is 9.95. The van der Waals surface area contributed by atoms with Crippen LogP contribution in [0.5, 0.6) is 11.5 Å². The van der Waals surface area contributed by atoms with E-state index in [1.165, 1.54) is 31.4 Å². The van der Waals surface area contributed by atoms with Crippen LogP contribution in [-0.4, -0.2) is 39.9 Å². The molecular weight excluding hydrogens is 380 g/mol. The molecule has 28 heavy (non-hydrogen) atoms. The fraction of sp³-hybridized carbons (Fsp3) is 0.667. The lowest BCUT2D eigenvalue weighted by molar-refractivity contribution is -0.122. The molecule has 0 aliphatic heterocycles. The number of aromatic hydroxyl groups is 2. The number of phenols is 2. The molecule has 6 nitrogen and oxygen atoms in total. The van der Waals surface area contributed by atoms with Gasteiger partial charge in [-0.05, 0) is 50.3 Å². The predicted octanol–water partition coefficient (Wildman–Crippen LogP) is 3.54. The summed E-state index contributed by atoms with van der Waals surface area (Å²) in [5.41, 5.74) is 0.560. The van der Waals surface area contributed by atoms with Crippen LogP contribution >= 0.6 is 12.4 Å². The molecule has 0 aromatic heterocycles. The standard InChI is InChI=1S/C21H34N2O4.ClH/c1-15(22-14-20(26)16-11-12-18(24)19(25)13-16)7-5-6-10-21(27)23-17-8-3-2-4-9-17;/h11-13,15,17,20,22,24-26H,2-10,14H2,1H3,(H,23,27);1H. The van der Waals surface area contributed by atoms with Gasteiger partial charge in [0.05, 0.1) is 6.10 Å². The summed E-state index contributed by atoms with van der Waals surface area (Å²) in [6.45, 7) is 2.43. The highest BCUT2D eigenvalue weighted by molar-refractivity contribution is 5.85. The van der Waals surface area contributed by atoms with Crippen LogP contribution in [0.25, 0.3) is 0 Å². The smallest absolute Gasteiger partial charge is 0.220 e. The number of carbonyl (C=O) groups excluding carboxylic acids is 1. The molecule has 1 saturated carbocycles. The van der Waals surface area contributed by atoms with Gasteiger partial charge in [-0.1, -0.05) is 31.7 Å². The number of aliphatic hydroxyl groups excluding tert-OH is 1. The maximum absolute atomic E-state index is 12.0. The molecule has 0 spiro atoms. The monoisotopic (exact) mass is 414 g/mol. The number of hydrogen-bond acceptors (Lipinski definition) is 5. The molecule has 1 aromatic carbocycles. The molecule has 1 fully saturated rings. The van der Waals surface area contributed by atoms with Crippen LogP contribution in [0, 0.1) is 0 Å². The Morgan fingerprint density at radius 2 is 1.86 bits per heavy atom. The second kappa shape index (κ2) is 12.9. The van der Waals surface area contributed by atoms with Gasteiger partial charge in [0.1, 0.15) is 0 Å². The summed E-state index contributed by atoms with van der Waals surface area (Å²) in [7, 11) is 0. The van der Waals surface area contributed by atoms with Crippen LogP contribution in [0.4, 0.5) is 0 Å². The highest BCUT2D eigenvalue weighted by Crippen LogP contribution is 2.27. The summed E-state index contributed by atoms with van der Waals surface area (Å²) in [6, 6.07) is 4.95. The first kappa shape index (κ1) is 24.5. The molecule has 7 heteroatoms. The lowest BCUT2D eigenvalue weighted by Gasteiger charge is -2.22. The summed E-state index contributed by atoms with van der Waals surface area (Å²) < 4.78 is 0. The molecule has 0 saturated heterocycles. The van der Waals surface area contributed by atoms with Crippen molar-refractivity contribution < 1.29 is 20.1 Å². The van der Waals surface area contributed by atoms with E-state index in [0.717, 1.165) is 32.1 Å². The molecule has 1 aliphatic carbocycles. The van der Waals surface area contributed by atoms with Gasteiger partial charge in [0.25, 0.3) is 0 Å². The van der Waals surface area contributed by atoms with E-state index in [0.29, 0.717) is 24.6 Å². The third-order valence-corrected chi connectivity index (χ3v) is 5.31. The van der Waals surface area contributed by atoms with Crippen LogP contribution < -0.4 is 10.6 Å². The first-order valence-electron chi connectivity index (χ1n) is 10.2. The number of phenolic OH excluding ortho intramolecular Hbond substituents is 2. The fourth-order valence-corrected chi connectivity index (χ4v) is 3.56. The quantitative estimate of drug-likeness (QED) is 0.297. The summed E-state index contributed by atoms with van der Waals surface area (Å²) in [4.78, 5) is 12.0. The fourth-order valence-electron chi connectivity index (χ4n) is 3.56. The molecule has 2 rings (SSSR count). The van der Waals surface area contributed by atoms with E-state index in [1.54, 1.807) is 6.07 Å². The Hall–Kier alpha value is -1.50. The molecule has 160 valence electrons. The Labute approximate surface area is 174 Å². The van der Waals surface area contributed by atoms with Crippen molar-refractivity contribution in [3.8, 4) is 11.5 Å². The van der Waals surface area contributed by atoms with Crippen molar-refractivity contribution in [1.29, 1.82) is 0 Å². The first-order valence-corrected chi connectivity index (χ1v) is 10.2. The van der Waals surface area contributed by atoms with Gasteiger partial charge < -0.3 is 26.0 Å². The molecular formula is C21H35ClN2O4. The van der Waals surface area contributed by atoms with E-state index >= 15 is 0 Å². The van der Waals surface area contributed by atoms with Gasteiger partial charge in [-0.3, -0.25) is 4.79 Å². The molecule has 0 heterocycles. The van der Waals surface area contributed by atoms with Gasteiger partial charge >= 0.3 is 0 Å². The average Bonchev–Trinajstić information content (AvgIpc) is 2.66. The maximum atomic E-state index is 12.0. The topological polar surface area (TPSA) is 102 Å². The third-order valence-electron chi connectivity index (χ3n) is 5.31. The average molecular weight is 415 g/mol. The molecule has 1 aromatic rings. The van der Waals surface area contributed by atoms with Crippen molar-refractivity contribution in [2.45, 2.75) is 82.9 Å². The second-order valence-electron chi connectivity index (χ2n) is 7.72. The number of nitrogens with one attached hydrogen (secondary N) is 2. The number of carbonyl (C=O) groups is 1. The van der Waals surface area contributed by atoms with E-state index in [4.69, 9.17) is 0 Å². The minimum absolute atomic E-state index is 0. The number of hydrogen-bond donors (Lipinski definition) is 5. The third kappa shape index (κ3) is 8.67. The molecule has 0 bridgehead atoms. The molecule has 0 radical (unpaired) electrons. The number of amides is 1. The Balaban J connectivity index is 0.00000392. The van der Waals surface area contributed by atoms with Crippen LogP contribution in [-0.2, 0) is 4.79 Å². The minimum Gasteiger partial charge on any atom is -0.504 e. The van der Waals surface area contributed by atoms with Crippen molar-refractivity contribution in [2.24, 2.45) is 0 Å². The first-order chi connectivity index (χ1) is 13.0. The number of halogens is 1. The van der Waals surface area contributed by atoms with Crippen LogP contribution in [0.15, 0.2) is 18.2 Å². The second-order valence-corrected chi connectivity index (χ2v) is 7.72. The normalized spacial score (nSPS) is 16.8. The highest BCUT2D eigenvalue weighted by Gasteiger charge is 2.15. The number of rotatable bonds is 10. The molecule has 1 amide bonds. The van der Waals surface area contributed by atoms with Gasteiger partial charge in [0, 0.05) is 25.0 Å². The molecule has 2 atom stereocenters. The maximum Gasteiger partial charge on any atom is 0.220 e. The van der Waals surface area contributed by atoms with Crippen molar-refractivity contribution >= 4 is 18.3 Å². The van der Waals surface area contributed by atoms with E-state index < -0.39 is 6.10 Å². The van der Waals surface area contributed by atoms with E-state index in [1.807, 2.05) is 0 Å². The zero-order valence-electron chi connectivity index (χ0n) is 16.7. The highest BCUT2D eigenvalue weighted by atomic mass is 35.5. The van der Waals surface area contributed by atoms with Crippen LogP contribution in [0.3, 0.4) is 0 Å².